The van der Waals surface area contributed by atoms with Crippen LogP contribution in [0.2, 0.25) is 0 Å². The Labute approximate surface area is 383 Å². The van der Waals surface area contributed by atoms with Gasteiger partial charge in [0.2, 0.25) is 0 Å². The normalized spacial score (nSPS) is 13.5. The van der Waals surface area contributed by atoms with E-state index in [4.69, 9.17) is 4.74 Å². The van der Waals surface area contributed by atoms with Crippen LogP contribution >= 0.6 is 23.7 Å². The summed E-state index contributed by atoms with van der Waals surface area (Å²) in [4.78, 5) is 8.84. The van der Waals surface area contributed by atoms with Crippen LogP contribution in [0.15, 0.2) is 194 Å². The summed E-state index contributed by atoms with van der Waals surface area (Å²) in [5.41, 5.74) is 6.22. The number of aryl methyl sites for hydroxylation is 2. The number of rotatable bonds is 7. The second kappa shape index (κ2) is 19.1. The van der Waals surface area contributed by atoms with E-state index in [1.807, 2.05) is 50.2 Å². The minimum Gasteiger partial charge on any atom is 1.00 e. The maximum atomic E-state index is 9.87. The van der Waals surface area contributed by atoms with Gasteiger partial charge in [0.05, 0.1) is 11.4 Å². The molecule has 0 bridgehead atoms. The van der Waals surface area contributed by atoms with Crippen molar-refractivity contribution in [3.8, 4) is 22.9 Å². The van der Waals surface area contributed by atoms with Crippen LogP contribution in [0.5, 0.6) is 11.5 Å². The smallest absolute Gasteiger partial charge is 1.00 e. The number of aromatic nitrogens is 2. The second-order valence-electron chi connectivity index (χ2n) is 15.6. The van der Waals surface area contributed by atoms with Gasteiger partial charge in [-0.05, 0) is 98.8 Å². The molecule has 0 saturated heterocycles. The number of benzene rings is 6. The molecule has 3 heterocycles. The Morgan fingerprint density at radius 3 is 0.969 bits per heavy atom. The van der Waals surface area contributed by atoms with Gasteiger partial charge in [-0.1, -0.05) is 123 Å². The zero-order valence-electron chi connectivity index (χ0n) is 35.3. The summed E-state index contributed by atoms with van der Waals surface area (Å²) in [5.74, 6) is 2.07. The van der Waals surface area contributed by atoms with Crippen molar-refractivity contribution in [3.63, 3.8) is 0 Å². The standard InChI is InChI=1S/C39H32OP2.C12H12N2.Cu.F6P/c1-39(2)33-25-15-27-35(41(29-17-7-3-8-18-29)30-19-9-4-10-20-30)37(33)40-38-34(39)26-16-28-36(38)42(31-21-11-5-12-22-31)32-23-13-6-14-24-32;1-9-5-3-7-11(13-9)12-8-4-6-10(2)14-12;;1-7(2,3,4,5)6/h3-28H,1-2H3;3-8H,1-2H3;;/q;;+1;-1/p+2. The molecule has 1 aliphatic rings. The van der Waals surface area contributed by atoms with Crippen molar-refractivity contribution in [2.24, 2.45) is 0 Å². The maximum Gasteiger partial charge on any atom is 1.00 e. The molecule has 3 nitrogen and oxygen atoms in total. The van der Waals surface area contributed by atoms with E-state index < -0.39 is 23.7 Å². The Bertz CT molecular complexity index is 2560. The molecule has 0 amide bonds. The van der Waals surface area contributed by atoms with E-state index in [-0.39, 0.29) is 22.5 Å². The van der Waals surface area contributed by atoms with Gasteiger partial charge in [-0.3, -0.25) is 9.97 Å². The molecule has 9 rings (SSSR count). The molecule has 6 aromatic carbocycles. The van der Waals surface area contributed by atoms with Crippen molar-refractivity contribution >= 4 is 55.5 Å². The van der Waals surface area contributed by atoms with Crippen LogP contribution in [-0.4, -0.2) is 9.97 Å². The summed E-state index contributed by atoms with van der Waals surface area (Å²) in [6.45, 7) is 8.68. The molecule has 0 N–H and O–H groups in total. The van der Waals surface area contributed by atoms with Gasteiger partial charge in [0.1, 0.15) is 47.7 Å². The van der Waals surface area contributed by atoms with Gasteiger partial charge in [-0.2, -0.15) is 0 Å². The van der Waals surface area contributed by atoms with Crippen LogP contribution in [0.25, 0.3) is 11.4 Å². The van der Waals surface area contributed by atoms with Crippen molar-refractivity contribution in [1.82, 2.24) is 9.97 Å². The number of hydrogen-bond acceptors (Lipinski definition) is 3. The van der Waals surface area contributed by atoms with Gasteiger partial charge in [-0.25, -0.2) is 0 Å². The average molecular weight is 973 g/mol. The van der Waals surface area contributed by atoms with Crippen LogP contribution in [0.4, 0.5) is 25.2 Å². The van der Waals surface area contributed by atoms with E-state index in [1.165, 1.54) is 43.0 Å². The third-order valence-electron chi connectivity index (χ3n) is 10.4. The SMILES string of the molecule is CC1(C)c2cccc([PH+](c3ccccc3)c3ccccc3)c2Oc2c([PH+](c3ccccc3)c3ccccc3)cccc21.Cc1cccc(-c2cccc(C)n2)n1.F[P-](F)(F)(F)(F)F.[Cu+]. The molecular weight excluding hydrogens is 927 g/mol. The van der Waals surface area contributed by atoms with E-state index in [2.05, 4.69) is 182 Å². The molecule has 2 aromatic heterocycles. The molecule has 64 heavy (non-hydrogen) atoms. The third-order valence-corrected chi connectivity index (χ3v) is 15.9. The first-order valence-electron chi connectivity index (χ1n) is 20.2. The third kappa shape index (κ3) is 12.5. The summed E-state index contributed by atoms with van der Waals surface area (Å²) in [6, 6.07) is 69.4. The summed E-state index contributed by atoms with van der Waals surface area (Å²) in [6.07, 6.45) is 0. The number of halogens is 6. The van der Waals surface area contributed by atoms with Gasteiger partial charge < -0.3 is 4.74 Å². The molecule has 0 aliphatic carbocycles. The monoisotopic (exact) mass is 972 g/mol. The van der Waals surface area contributed by atoms with Crippen LogP contribution in [0.3, 0.4) is 0 Å². The van der Waals surface area contributed by atoms with Crippen LogP contribution in [0.1, 0.15) is 36.4 Å². The fourth-order valence-corrected chi connectivity index (χ4v) is 13.0. The van der Waals surface area contributed by atoms with E-state index in [9.17, 15) is 25.2 Å². The van der Waals surface area contributed by atoms with Gasteiger partial charge in [-0.15, -0.1) is 0 Å². The average Bonchev–Trinajstić information content (AvgIpc) is 3.25. The predicted molar refractivity (Wildman–Crippen MR) is 256 cm³/mol. The number of hydrogen-bond donors (Lipinski definition) is 0. The molecule has 0 radical (unpaired) electrons. The molecule has 0 saturated carbocycles. The minimum absolute atomic E-state index is 0. The van der Waals surface area contributed by atoms with Crippen LogP contribution in [0, 0.1) is 13.8 Å². The van der Waals surface area contributed by atoms with Crippen molar-refractivity contribution in [2.75, 3.05) is 0 Å². The Balaban J connectivity index is 0.000000255. The Hall–Kier alpha value is -5.19. The van der Waals surface area contributed by atoms with Gasteiger partial charge >= 0.3 is 50.1 Å². The van der Waals surface area contributed by atoms with Gasteiger partial charge in [0, 0.05) is 27.9 Å². The van der Waals surface area contributed by atoms with E-state index in [1.54, 1.807) is 0 Å². The fraction of sp³-hybridized carbons (Fsp3) is 0.0980. The van der Waals surface area contributed by atoms with E-state index in [0.717, 1.165) is 34.3 Å². The Morgan fingerprint density at radius 2 is 0.688 bits per heavy atom. The largest absolute Gasteiger partial charge is 1.00 e. The molecular formula is C51H46CuF6N2OP3+2. The first-order chi connectivity index (χ1) is 29.8. The van der Waals surface area contributed by atoms with E-state index >= 15 is 0 Å². The van der Waals surface area contributed by atoms with Crippen LogP contribution in [-0.2, 0) is 22.5 Å². The predicted octanol–water partition coefficient (Wildman–Crippen LogP) is 13.2. The first kappa shape index (κ1) is 48.3. The number of pyridine rings is 2. The van der Waals surface area contributed by atoms with Crippen molar-refractivity contribution in [1.29, 1.82) is 0 Å². The van der Waals surface area contributed by atoms with Gasteiger partial charge in [0.15, 0.2) is 11.5 Å². The molecule has 0 fully saturated rings. The second-order valence-corrected chi connectivity index (χ2v) is 22.4. The summed E-state index contributed by atoms with van der Waals surface area (Å²) < 4.78 is 66.5. The quantitative estimate of drug-likeness (QED) is 0.0907. The number of fused-ring (bicyclic) bond motifs is 2. The number of ether oxygens (including phenoxy) is 1. The number of para-hydroxylation sites is 2. The zero-order valence-corrected chi connectivity index (χ0v) is 39.1. The molecule has 0 spiro atoms. The van der Waals surface area contributed by atoms with Crippen molar-refractivity contribution < 1.29 is 47.0 Å². The summed E-state index contributed by atoms with van der Waals surface area (Å²) >= 11 is 0. The van der Waals surface area contributed by atoms with Gasteiger partial charge in [0.25, 0.3) is 0 Å². The van der Waals surface area contributed by atoms with Crippen molar-refractivity contribution in [3.05, 3.63) is 217 Å². The molecule has 0 atom stereocenters. The summed E-state index contributed by atoms with van der Waals surface area (Å²) in [5, 5.41) is 8.05. The topological polar surface area (TPSA) is 35.0 Å². The Morgan fingerprint density at radius 1 is 0.406 bits per heavy atom. The van der Waals surface area contributed by atoms with Crippen molar-refractivity contribution in [2.45, 2.75) is 33.1 Å². The molecule has 332 valence electrons. The summed E-state index contributed by atoms with van der Waals surface area (Å²) in [7, 11) is -13.3. The minimum atomic E-state index is -10.7. The zero-order chi connectivity index (χ0) is 44.9. The fourth-order valence-electron chi connectivity index (χ4n) is 7.67. The Kier molecular flexibility index (Phi) is 14.4. The van der Waals surface area contributed by atoms with Crippen LogP contribution < -0.4 is 36.6 Å². The molecule has 8 aromatic rings. The maximum absolute atomic E-state index is 10.7. The van der Waals surface area contributed by atoms with E-state index in [0.29, 0.717) is 0 Å². The first-order valence-corrected chi connectivity index (χ1v) is 25.2. The number of nitrogens with zero attached hydrogens (tertiary/aromatic N) is 2. The molecule has 13 heteroatoms. The molecule has 0 unspecified atom stereocenters. The molecule has 1 aliphatic heterocycles.